The molecule has 2 aromatic rings. The summed E-state index contributed by atoms with van der Waals surface area (Å²) in [6.45, 7) is 5.36. The fraction of sp³-hybridized carbons (Fsp3) is 0.400. The van der Waals surface area contributed by atoms with Crippen LogP contribution in [0.15, 0.2) is 29.6 Å². The van der Waals surface area contributed by atoms with E-state index in [-0.39, 0.29) is 0 Å². The number of nitrogens with zero attached hydrogens (tertiary/aromatic N) is 1. The van der Waals surface area contributed by atoms with Gasteiger partial charge >= 0.3 is 0 Å². The molecule has 0 amide bonds. The van der Waals surface area contributed by atoms with E-state index < -0.39 is 0 Å². The fourth-order valence-electron chi connectivity index (χ4n) is 1.89. The van der Waals surface area contributed by atoms with Gasteiger partial charge in [-0.3, -0.25) is 0 Å². The number of rotatable bonds is 6. The molecule has 0 aliphatic carbocycles. The zero-order valence-electron chi connectivity index (χ0n) is 11.3. The van der Waals surface area contributed by atoms with E-state index >= 15 is 0 Å². The summed E-state index contributed by atoms with van der Waals surface area (Å²) in [5.41, 5.74) is 2.35. The van der Waals surface area contributed by atoms with Crippen LogP contribution in [0.1, 0.15) is 42.6 Å². The quantitative estimate of drug-likeness (QED) is 0.851. The van der Waals surface area contributed by atoms with Crippen molar-refractivity contribution in [3.63, 3.8) is 0 Å². The molecule has 1 aromatic carbocycles. The van der Waals surface area contributed by atoms with Crippen molar-refractivity contribution in [2.45, 2.75) is 32.7 Å². The number of hydrogen-bond donors (Lipinski definition) is 1. The van der Waals surface area contributed by atoms with Gasteiger partial charge in [0, 0.05) is 22.9 Å². The molecule has 1 heterocycles. The first-order valence-electron chi connectivity index (χ1n) is 6.61. The van der Waals surface area contributed by atoms with E-state index in [0.29, 0.717) is 6.04 Å². The van der Waals surface area contributed by atoms with E-state index in [4.69, 9.17) is 16.6 Å². The fourth-order valence-corrected chi connectivity index (χ4v) is 3.03. The molecule has 1 unspecified atom stereocenters. The van der Waals surface area contributed by atoms with E-state index in [2.05, 4.69) is 30.6 Å². The zero-order valence-corrected chi connectivity index (χ0v) is 12.9. The van der Waals surface area contributed by atoms with Crippen LogP contribution in [0.25, 0.3) is 0 Å². The van der Waals surface area contributed by atoms with Crippen LogP contribution in [0.4, 0.5) is 0 Å². The second-order valence-corrected chi connectivity index (χ2v) is 6.03. The van der Waals surface area contributed by atoms with Crippen molar-refractivity contribution in [3.05, 3.63) is 50.9 Å². The van der Waals surface area contributed by atoms with Gasteiger partial charge in [0.2, 0.25) is 0 Å². The van der Waals surface area contributed by atoms with Crippen LogP contribution < -0.4 is 5.32 Å². The number of aromatic nitrogens is 1. The van der Waals surface area contributed by atoms with Gasteiger partial charge in [-0.2, -0.15) is 0 Å². The first kappa shape index (κ1) is 14.5. The van der Waals surface area contributed by atoms with Crippen LogP contribution in [0.5, 0.6) is 0 Å². The Labute approximate surface area is 123 Å². The second-order valence-electron chi connectivity index (χ2n) is 4.65. The van der Waals surface area contributed by atoms with E-state index in [0.717, 1.165) is 35.1 Å². The van der Waals surface area contributed by atoms with Gasteiger partial charge in [-0.25, -0.2) is 4.98 Å². The Morgan fingerprint density at radius 3 is 3.00 bits per heavy atom. The topological polar surface area (TPSA) is 24.9 Å². The highest BCUT2D eigenvalue weighted by Gasteiger charge is 2.09. The van der Waals surface area contributed by atoms with Crippen molar-refractivity contribution in [1.82, 2.24) is 10.3 Å². The summed E-state index contributed by atoms with van der Waals surface area (Å²) >= 11 is 7.71. The van der Waals surface area contributed by atoms with Crippen molar-refractivity contribution in [2.75, 3.05) is 6.54 Å². The predicted octanol–water partition coefficient (Wildman–Crippen LogP) is 4.45. The lowest BCUT2D eigenvalue weighted by Gasteiger charge is -2.09. The van der Waals surface area contributed by atoms with Crippen molar-refractivity contribution >= 4 is 22.9 Å². The summed E-state index contributed by atoms with van der Waals surface area (Å²) in [7, 11) is 0. The van der Waals surface area contributed by atoms with E-state index in [1.54, 1.807) is 11.3 Å². The third-order valence-electron chi connectivity index (χ3n) is 2.96. The molecule has 102 valence electrons. The average molecular weight is 295 g/mol. The zero-order chi connectivity index (χ0) is 13.7. The molecule has 0 fully saturated rings. The van der Waals surface area contributed by atoms with Crippen LogP contribution in [0, 0.1) is 0 Å². The van der Waals surface area contributed by atoms with Gasteiger partial charge in [-0.1, -0.05) is 30.7 Å². The molecule has 1 N–H and O–H groups in total. The summed E-state index contributed by atoms with van der Waals surface area (Å²) in [6, 6.07) is 8.30. The third kappa shape index (κ3) is 4.30. The predicted molar refractivity (Wildman–Crippen MR) is 83.1 cm³/mol. The SMILES string of the molecule is CCCNC(C)c1csc(Cc2cccc(Cl)c2)n1. The minimum Gasteiger partial charge on any atom is -0.309 e. The van der Waals surface area contributed by atoms with Crippen LogP contribution in [0.3, 0.4) is 0 Å². The van der Waals surface area contributed by atoms with Crippen LogP contribution >= 0.6 is 22.9 Å². The second kappa shape index (κ2) is 7.04. The summed E-state index contributed by atoms with van der Waals surface area (Å²) in [4.78, 5) is 4.70. The molecule has 0 bridgehead atoms. The Morgan fingerprint density at radius 1 is 1.42 bits per heavy atom. The Balaban J connectivity index is 2.01. The Hall–Kier alpha value is -0.900. The van der Waals surface area contributed by atoms with Gasteiger partial charge in [-0.15, -0.1) is 11.3 Å². The smallest absolute Gasteiger partial charge is 0.0972 e. The molecule has 2 rings (SSSR count). The highest BCUT2D eigenvalue weighted by atomic mass is 35.5. The summed E-state index contributed by atoms with van der Waals surface area (Å²) in [5.74, 6) is 0. The Kier molecular flexibility index (Phi) is 5.37. The maximum atomic E-state index is 6.00. The van der Waals surface area contributed by atoms with Gasteiger partial charge in [0.25, 0.3) is 0 Å². The van der Waals surface area contributed by atoms with Crippen LogP contribution in [0.2, 0.25) is 5.02 Å². The summed E-state index contributed by atoms with van der Waals surface area (Å²) < 4.78 is 0. The summed E-state index contributed by atoms with van der Waals surface area (Å²) in [6.07, 6.45) is 2.00. The van der Waals surface area contributed by atoms with E-state index in [9.17, 15) is 0 Å². The molecule has 4 heteroatoms. The van der Waals surface area contributed by atoms with Gasteiger partial charge in [0.1, 0.15) is 0 Å². The minimum atomic E-state index is 0.323. The molecule has 0 spiro atoms. The lowest BCUT2D eigenvalue weighted by atomic mass is 10.1. The highest BCUT2D eigenvalue weighted by molar-refractivity contribution is 7.09. The number of nitrogens with one attached hydrogen (secondary N) is 1. The molecule has 0 saturated carbocycles. The Bertz CT molecular complexity index is 524. The lowest BCUT2D eigenvalue weighted by Crippen LogP contribution is -2.19. The number of hydrogen-bond acceptors (Lipinski definition) is 3. The molecule has 1 aromatic heterocycles. The normalized spacial score (nSPS) is 12.6. The highest BCUT2D eigenvalue weighted by Crippen LogP contribution is 2.20. The molecule has 0 radical (unpaired) electrons. The molecular weight excluding hydrogens is 276 g/mol. The standard InChI is InChI=1S/C15H19ClN2S/c1-3-7-17-11(2)14-10-19-15(18-14)9-12-5-4-6-13(16)8-12/h4-6,8,10-11,17H,3,7,9H2,1-2H3. The lowest BCUT2D eigenvalue weighted by molar-refractivity contribution is 0.560. The van der Waals surface area contributed by atoms with Gasteiger partial charge in [0.05, 0.1) is 10.7 Å². The van der Waals surface area contributed by atoms with Crippen molar-refractivity contribution < 1.29 is 0 Å². The maximum absolute atomic E-state index is 6.00. The Morgan fingerprint density at radius 2 is 2.26 bits per heavy atom. The van der Waals surface area contributed by atoms with E-state index in [1.807, 2.05) is 18.2 Å². The van der Waals surface area contributed by atoms with Gasteiger partial charge < -0.3 is 5.32 Å². The molecule has 2 nitrogen and oxygen atoms in total. The van der Waals surface area contributed by atoms with Crippen LogP contribution in [-0.2, 0) is 6.42 Å². The van der Waals surface area contributed by atoms with Gasteiger partial charge in [-0.05, 0) is 37.6 Å². The third-order valence-corrected chi connectivity index (χ3v) is 4.06. The van der Waals surface area contributed by atoms with Gasteiger partial charge in [0.15, 0.2) is 0 Å². The van der Waals surface area contributed by atoms with Crippen LogP contribution in [-0.4, -0.2) is 11.5 Å². The molecule has 0 aliphatic heterocycles. The number of thiazole rings is 1. The number of halogens is 1. The number of benzene rings is 1. The molecule has 1 atom stereocenters. The average Bonchev–Trinajstić information content (AvgIpc) is 2.84. The van der Waals surface area contributed by atoms with Crippen molar-refractivity contribution in [1.29, 1.82) is 0 Å². The molecular formula is C15H19ClN2S. The monoisotopic (exact) mass is 294 g/mol. The maximum Gasteiger partial charge on any atom is 0.0972 e. The van der Waals surface area contributed by atoms with E-state index in [1.165, 1.54) is 5.56 Å². The minimum absolute atomic E-state index is 0.323. The van der Waals surface area contributed by atoms with Crippen molar-refractivity contribution in [2.24, 2.45) is 0 Å². The largest absolute Gasteiger partial charge is 0.309 e. The molecule has 0 aliphatic rings. The first-order chi connectivity index (χ1) is 9.19. The van der Waals surface area contributed by atoms with Crippen molar-refractivity contribution in [3.8, 4) is 0 Å². The summed E-state index contributed by atoms with van der Waals surface area (Å²) in [5, 5.41) is 7.53. The first-order valence-corrected chi connectivity index (χ1v) is 7.87. The molecule has 19 heavy (non-hydrogen) atoms. The molecule has 0 saturated heterocycles.